The van der Waals surface area contributed by atoms with Gasteiger partial charge in [0.1, 0.15) is 11.1 Å². The van der Waals surface area contributed by atoms with Crippen molar-refractivity contribution in [1.82, 2.24) is 9.97 Å². The van der Waals surface area contributed by atoms with Gasteiger partial charge >= 0.3 is 0 Å². The van der Waals surface area contributed by atoms with Crippen LogP contribution in [-0.4, -0.2) is 15.7 Å². The molecule has 1 aliphatic carbocycles. The summed E-state index contributed by atoms with van der Waals surface area (Å²) in [5, 5.41) is 19.4. The van der Waals surface area contributed by atoms with Crippen LogP contribution >= 0.6 is 22.9 Å². The van der Waals surface area contributed by atoms with Crippen molar-refractivity contribution in [3.05, 3.63) is 44.8 Å². The first-order valence-corrected chi connectivity index (χ1v) is 10.3. The van der Waals surface area contributed by atoms with E-state index in [1.54, 1.807) is 6.20 Å². The van der Waals surface area contributed by atoms with Crippen molar-refractivity contribution in [2.75, 3.05) is 5.73 Å². The van der Waals surface area contributed by atoms with Gasteiger partial charge in [-0.3, -0.25) is 0 Å². The first-order valence-electron chi connectivity index (χ1n) is 9.06. The van der Waals surface area contributed by atoms with Gasteiger partial charge in [-0.1, -0.05) is 13.3 Å². The van der Waals surface area contributed by atoms with E-state index in [9.17, 15) is 5.26 Å². The van der Waals surface area contributed by atoms with Crippen LogP contribution in [0.15, 0.2) is 17.8 Å². The molecule has 0 bridgehead atoms. The summed E-state index contributed by atoms with van der Waals surface area (Å²) in [6, 6.07) is 4.08. The molecule has 0 amide bonds. The third kappa shape index (κ3) is 3.76. The number of nitrogens with zero attached hydrogens (tertiary/aromatic N) is 3. The highest BCUT2D eigenvalue weighted by Gasteiger charge is 2.32. The van der Waals surface area contributed by atoms with Crippen LogP contribution in [-0.2, 0) is 6.42 Å². The molecule has 3 rings (SSSR count). The second kappa shape index (κ2) is 8.20. The van der Waals surface area contributed by atoms with Crippen molar-refractivity contribution in [1.29, 1.82) is 10.7 Å². The molecular weight excluding hydrogens is 378 g/mol. The maximum Gasteiger partial charge on any atom is 0.222 e. The van der Waals surface area contributed by atoms with Crippen molar-refractivity contribution in [3.63, 3.8) is 0 Å². The molecule has 0 unspecified atom stereocenters. The lowest BCUT2D eigenvalue weighted by Gasteiger charge is -2.26. The highest BCUT2D eigenvalue weighted by atomic mass is 35.5. The number of allylic oxidation sites excluding steroid dienone is 2. The molecule has 2 aromatic rings. The van der Waals surface area contributed by atoms with Crippen LogP contribution in [0.25, 0.3) is 5.57 Å². The number of nitriles is 1. The van der Waals surface area contributed by atoms with E-state index in [0.29, 0.717) is 16.3 Å². The van der Waals surface area contributed by atoms with E-state index in [-0.39, 0.29) is 11.2 Å². The average molecular weight is 400 g/mol. The number of fused-ring (bicyclic) bond motifs is 1. The average Bonchev–Trinajstić information content (AvgIpc) is 3.00. The highest BCUT2D eigenvalue weighted by molar-refractivity contribution is 7.16. The lowest BCUT2D eigenvalue weighted by molar-refractivity contribution is 0.654. The number of rotatable bonds is 5. The van der Waals surface area contributed by atoms with Gasteiger partial charge in [0.15, 0.2) is 0 Å². The molecule has 0 aromatic carbocycles. The van der Waals surface area contributed by atoms with Crippen LogP contribution in [0, 0.1) is 16.7 Å². The Morgan fingerprint density at radius 1 is 1.52 bits per heavy atom. The Morgan fingerprint density at radius 2 is 2.30 bits per heavy atom. The molecule has 0 aliphatic heterocycles. The summed E-state index contributed by atoms with van der Waals surface area (Å²) in [7, 11) is 0. The maximum absolute atomic E-state index is 9.59. The Hall–Kier alpha value is -2.23. The molecule has 7 heteroatoms. The van der Waals surface area contributed by atoms with E-state index >= 15 is 0 Å². The summed E-state index contributed by atoms with van der Waals surface area (Å²) in [4.78, 5) is 9.42. The Bertz CT molecular complexity index is 954. The zero-order valence-electron chi connectivity index (χ0n) is 15.5. The van der Waals surface area contributed by atoms with Gasteiger partial charge in [-0.15, -0.1) is 11.3 Å². The van der Waals surface area contributed by atoms with Crippen LogP contribution in [0.5, 0.6) is 0 Å². The number of nitrogens with two attached hydrogens (primary N) is 1. The minimum Gasteiger partial charge on any atom is -0.389 e. The molecule has 3 N–H and O–H groups in total. The third-order valence-electron chi connectivity index (χ3n) is 5.04. The van der Waals surface area contributed by atoms with E-state index in [1.807, 2.05) is 13.0 Å². The fourth-order valence-corrected chi connectivity index (χ4v) is 5.03. The summed E-state index contributed by atoms with van der Waals surface area (Å²) < 4.78 is 0. The SMILES string of the molecule is CCC/C(C(=N)[C@H]1CCCc2sc(N)c(C#N)c21)=C(/C)c1ccnc(Cl)n1. The quantitative estimate of drug-likeness (QED) is 0.522. The van der Waals surface area contributed by atoms with E-state index in [1.165, 1.54) is 11.3 Å². The standard InChI is InChI=1S/C20H22ClN5S/c1-3-5-12(11(2)15-8-9-25-20(21)26-15)18(23)13-6-4-7-16-17(13)14(10-22)19(24)27-16/h8-9,13,23H,3-7,24H2,1-2H3/b12-11+,23-18?/t13-/m0/s1. The van der Waals surface area contributed by atoms with E-state index < -0.39 is 0 Å². The lowest BCUT2D eigenvalue weighted by Crippen LogP contribution is -2.20. The molecule has 2 aromatic heterocycles. The fourth-order valence-electron chi connectivity index (χ4n) is 3.76. The summed E-state index contributed by atoms with van der Waals surface area (Å²) in [5.41, 5.74) is 10.8. The molecule has 2 heterocycles. The molecule has 140 valence electrons. The first-order chi connectivity index (χ1) is 13.0. The second-order valence-electron chi connectivity index (χ2n) is 6.71. The number of halogens is 1. The Morgan fingerprint density at radius 3 is 2.96 bits per heavy atom. The fraction of sp³-hybridized carbons (Fsp3) is 0.400. The van der Waals surface area contributed by atoms with E-state index in [2.05, 4.69) is 23.0 Å². The third-order valence-corrected chi connectivity index (χ3v) is 6.32. The van der Waals surface area contributed by atoms with Gasteiger partial charge in [-0.25, -0.2) is 9.97 Å². The largest absolute Gasteiger partial charge is 0.389 e. The molecule has 0 spiro atoms. The zero-order valence-corrected chi connectivity index (χ0v) is 17.0. The number of anilines is 1. The van der Waals surface area contributed by atoms with Crippen LogP contribution in [0.3, 0.4) is 0 Å². The number of hydrogen-bond donors (Lipinski definition) is 2. The Labute approximate surface area is 168 Å². The molecule has 5 nitrogen and oxygen atoms in total. The van der Waals surface area contributed by atoms with E-state index in [0.717, 1.165) is 59.4 Å². The van der Waals surface area contributed by atoms with Crippen molar-refractivity contribution in [2.45, 2.75) is 51.9 Å². The molecule has 0 radical (unpaired) electrons. The van der Waals surface area contributed by atoms with Crippen LogP contribution in [0.4, 0.5) is 5.00 Å². The monoisotopic (exact) mass is 399 g/mol. The molecule has 0 fully saturated rings. The van der Waals surface area contributed by atoms with Crippen molar-refractivity contribution >= 4 is 39.2 Å². The highest BCUT2D eigenvalue weighted by Crippen LogP contribution is 2.44. The van der Waals surface area contributed by atoms with Crippen LogP contribution in [0.2, 0.25) is 5.28 Å². The first kappa shape index (κ1) is 19.5. The normalized spacial score (nSPS) is 17.0. The minimum absolute atomic E-state index is 0.0919. The number of thiophene rings is 1. The van der Waals surface area contributed by atoms with Gasteiger partial charge in [-0.2, -0.15) is 5.26 Å². The Kier molecular flexibility index (Phi) is 5.93. The number of aromatic nitrogens is 2. The number of aryl methyl sites for hydroxylation is 1. The lowest BCUT2D eigenvalue weighted by atomic mass is 9.78. The molecule has 0 saturated carbocycles. The van der Waals surface area contributed by atoms with Gasteiger partial charge in [-0.05, 0) is 67.0 Å². The summed E-state index contributed by atoms with van der Waals surface area (Å²) >= 11 is 7.46. The van der Waals surface area contributed by atoms with Crippen LogP contribution in [0.1, 0.15) is 67.1 Å². The number of nitrogens with one attached hydrogen (secondary N) is 1. The molecule has 0 saturated heterocycles. The maximum atomic E-state index is 9.59. The number of hydrogen-bond acceptors (Lipinski definition) is 6. The molecular formula is C20H22ClN5S. The van der Waals surface area contributed by atoms with Crippen LogP contribution < -0.4 is 5.73 Å². The molecule has 1 atom stereocenters. The Balaban J connectivity index is 2.08. The van der Waals surface area contributed by atoms with Gasteiger partial charge in [0.05, 0.1) is 11.3 Å². The molecule has 1 aliphatic rings. The summed E-state index contributed by atoms with van der Waals surface area (Å²) in [6.45, 7) is 4.08. The molecule has 27 heavy (non-hydrogen) atoms. The van der Waals surface area contributed by atoms with Gasteiger partial charge in [0, 0.05) is 22.7 Å². The zero-order chi connectivity index (χ0) is 19.6. The van der Waals surface area contributed by atoms with Crippen molar-refractivity contribution in [2.24, 2.45) is 0 Å². The van der Waals surface area contributed by atoms with Crippen molar-refractivity contribution in [3.8, 4) is 6.07 Å². The van der Waals surface area contributed by atoms with Gasteiger partial charge < -0.3 is 11.1 Å². The predicted octanol–water partition coefficient (Wildman–Crippen LogP) is 5.36. The van der Waals surface area contributed by atoms with E-state index in [4.69, 9.17) is 22.7 Å². The smallest absolute Gasteiger partial charge is 0.222 e. The van der Waals surface area contributed by atoms with Gasteiger partial charge in [0.25, 0.3) is 0 Å². The minimum atomic E-state index is -0.0919. The number of nitrogen functional groups attached to an aromatic ring is 1. The second-order valence-corrected chi connectivity index (χ2v) is 8.19. The topological polar surface area (TPSA) is 99.4 Å². The summed E-state index contributed by atoms with van der Waals surface area (Å²) in [6.07, 6.45) is 6.13. The van der Waals surface area contributed by atoms with Gasteiger partial charge in [0.2, 0.25) is 5.28 Å². The summed E-state index contributed by atoms with van der Waals surface area (Å²) in [5.74, 6) is -0.0919. The predicted molar refractivity (Wildman–Crippen MR) is 111 cm³/mol. The van der Waals surface area contributed by atoms with Crippen molar-refractivity contribution < 1.29 is 0 Å².